The highest BCUT2D eigenvalue weighted by molar-refractivity contribution is 6.23. The maximum atomic E-state index is 13.5. The van der Waals surface area contributed by atoms with Gasteiger partial charge >= 0.3 is 5.97 Å². The minimum absolute atomic E-state index is 0.0234. The first kappa shape index (κ1) is 26.9. The molecule has 0 radical (unpaired) electrons. The van der Waals surface area contributed by atoms with Gasteiger partial charge in [-0.2, -0.15) is 0 Å². The summed E-state index contributed by atoms with van der Waals surface area (Å²) in [6, 6.07) is 16.3. The summed E-state index contributed by atoms with van der Waals surface area (Å²) in [7, 11) is 0. The van der Waals surface area contributed by atoms with E-state index in [0.29, 0.717) is 12.0 Å². The highest BCUT2D eigenvalue weighted by atomic mass is 19.1. The lowest BCUT2D eigenvalue weighted by atomic mass is 9.77. The molecule has 1 aliphatic rings. The number of nitrogens with two attached hydrogens (primary N) is 1. The van der Waals surface area contributed by atoms with Gasteiger partial charge in [0.1, 0.15) is 5.82 Å². The van der Waals surface area contributed by atoms with E-state index in [9.17, 15) is 28.7 Å². The third kappa shape index (κ3) is 5.15. The molecule has 1 aliphatic heterocycles. The number of amides is 3. The first-order valence-corrected chi connectivity index (χ1v) is 12.5. The van der Waals surface area contributed by atoms with E-state index in [-0.39, 0.29) is 24.1 Å². The molecule has 0 aromatic heterocycles. The van der Waals surface area contributed by atoms with Gasteiger partial charge in [0.05, 0.1) is 29.1 Å². The molecule has 0 spiro atoms. The molecular weight excluding hydrogens is 489 g/mol. The summed E-state index contributed by atoms with van der Waals surface area (Å²) in [5.41, 5.74) is 7.36. The number of nitrogens with zero attached hydrogens (tertiary/aromatic N) is 1. The van der Waals surface area contributed by atoms with Crippen molar-refractivity contribution >= 4 is 34.5 Å². The normalized spacial score (nSPS) is 16.2. The van der Waals surface area contributed by atoms with Crippen LogP contribution in [0.5, 0.6) is 0 Å². The summed E-state index contributed by atoms with van der Waals surface area (Å²) in [6.45, 7) is 3.38. The van der Waals surface area contributed by atoms with E-state index in [1.54, 1.807) is 18.2 Å². The molecule has 3 aromatic carbocycles. The molecule has 1 heterocycles. The molecule has 3 amide bonds. The van der Waals surface area contributed by atoms with Gasteiger partial charge in [0.15, 0.2) is 0 Å². The van der Waals surface area contributed by atoms with Crippen LogP contribution in [0.3, 0.4) is 0 Å². The number of fused-ring (bicyclic) bond motifs is 2. The van der Waals surface area contributed by atoms with Crippen molar-refractivity contribution in [2.75, 3.05) is 0 Å². The lowest BCUT2D eigenvalue weighted by Gasteiger charge is -2.34. The predicted molar refractivity (Wildman–Crippen MR) is 139 cm³/mol. The second-order valence-corrected chi connectivity index (χ2v) is 9.68. The van der Waals surface area contributed by atoms with Crippen LogP contribution >= 0.6 is 0 Å². The molecule has 0 saturated carbocycles. The van der Waals surface area contributed by atoms with Gasteiger partial charge in [-0.05, 0) is 47.0 Å². The highest BCUT2D eigenvalue weighted by Gasteiger charge is 2.46. The van der Waals surface area contributed by atoms with Gasteiger partial charge in [-0.1, -0.05) is 56.7 Å². The van der Waals surface area contributed by atoms with Crippen LogP contribution in [-0.4, -0.2) is 39.9 Å². The van der Waals surface area contributed by atoms with Crippen LogP contribution in [-0.2, 0) is 16.1 Å². The molecule has 38 heavy (non-hydrogen) atoms. The molecule has 4 atom stereocenters. The minimum Gasteiger partial charge on any atom is -0.481 e. The first-order valence-electron chi connectivity index (χ1n) is 12.5. The Hall–Kier alpha value is -4.11. The van der Waals surface area contributed by atoms with Crippen LogP contribution in [0.15, 0.2) is 60.7 Å². The maximum absolute atomic E-state index is 13.5. The molecular formula is C29H30FN3O5. The number of rotatable bonds is 10. The van der Waals surface area contributed by atoms with E-state index >= 15 is 0 Å². The Kier molecular flexibility index (Phi) is 7.87. The third-order valence-electron chi connectivity index (χ3n) is 7.20. The molecule has 0 fully saturated rings. The Labute approximate surface area is 219 Å². The Morgan fingerprint density at radius 3 is 2.13 bits per heavy atom. The summed E-state index contributed by atoms with van der Waals surface area (Å²) in [5.74, 6) is -6.61. The van der Waals surface area contributed by atoms with E-state index in [1.807, 2.05) is 31.2 Å². The Morgan fingerprint density at radius 2 is 1.61 bits per heavy atom. The van der Waals surface area contributed by atoms with Crippen molar-refractivity contribution in [2.24, 2.45) is 23.5 Å². The fourth-order valence-electron chi connectivity index (χ4n) is 5.18. The van der Waals surface area contributed by atoms with Crippen molar-refractivity contribution in [3.05, 3.63) is 83.2 Å². The SMILES string of the molecule is CCC[C@H](C(=O)NCc1cccc(F)c1)[C@H](C(=O)O)C(C)C(N)N1C(=O)c2cc3ccccc3cc2C1=O. The standard InChI is InChI=1S/C29H30FN3O5/c1-3-7-21(26(34)32-15-17-8-6-11-20(30)12-17)24(29(37)38)16(2)25(31)33-27(35)22-13-18-9-4-5-10-19(18)14-23(22)28(33)36/h4-6,8-14,16,21,24-25H,3,7,15,31H2,1-2H3,(H,32,34)(H,37,38)/t16?,21-,24+,25?/m0/s1. The second kappa shape index (κ2) is 11.1. The average molecular weight is 520 g/mol. The number of hydrogen-bond donors (Lipinski definition) is 3. The van der Waals surface area contributed by atoms with Crippen LogP contribution in [0.2, 0.25) is 0 Å². The number of carbonyl (C=O) groups is 4. The molecule has 9 heteroatoms. The van der Waals surface area contributed by atoms with E-state index < -0.39 is 53.4 Å². The number of carboxylic acids is 1. The van der Waals surface area contributed by atoms with Crippen LogP contribution in [0.1, 0.15) is 53.0 Å². The zero-order chi connectivity index (χ0) is 27.6. The van der Waals surface area contributed by atoms with Gasteiger partial charge in [0.2, 0.25) is 5.91 Å². The number of carbonyl (C=O) groups excluding carboxylic acids is 3. The summed E-state index contributed by atoms with van der Waals surface area (Å²) >= 11 is 0. The first-order chi connectivity index (χ1) is 18.1. The summed E-state index contributed by atoms with van der Waals surface area (Å²) < 4.78 is 13.5. The molecule has 0 bridgehead atoms. The molecule has 0 saturated heterocycles. The molecule has 8 nitrogen and oxygen atoms in total. The largest absolute Gasteiger partial charge is 0.481 e. The second-order valence-electron chi connectivity index (χ2n) is 9.68. The predicted octanol–water partition coefficient (Wildman–Crippen LogP) is 3.93. The van der Waals surface area contributed by atoms with Crippen molar-refractivity contribution in [3.63, 3.8) is 0 Å². The number of nitrogens with one attached hydrogen (secondary N) is 1. The quantitative estimate of drug-likeness (QED) is 0.348. The van der Waals surface area contributed by atoms with E-state index in [2.05, 4.69) is 5.32 Å². The van der Waals surface area contributed by atoms with Crippen molar-refractivity contribution in [1.82, 2.24) is 10.2 Å². The van der Waals surface area contributed by atoms with Crippen LogP contribution in [0, 0.1) is 23.6 Å². The van der Waals surface area contributed by atoms with Crippen molar-refractivity contribution in [3.8, 4) is 0 Å². The lowest BCUT2D eigenvalue weighted by Crippen LogP contribution is -2.54. The Bertz CT molecular complexity index is 1350. The molecule has 2 unspecified atom stereocenters. The molecule has 198 valence electrons. The molecule has 3 aromatic rings. The fraction of sp³-hybridized carbons (Fsp3) is 0.310. The molecule has 0 aliphatic carbocycles. The smallest absolute Gasteiger partial charge is 0.307 e. The van der Waals surface area contributed by atoms with E-state index in [1.165, 1.54) is 25.1 Å². The molecule has 4 N–H and O–H groups in total. The van der Waals surface area contributed by atoms with Crippen molar-refractivity contribution in [2.45, 2.75) is 39.4 Å². The lowest BCUT2D eigenvalue weighted by molar-refractivity contribution is -0.151. The average Bonchev–Trinajstić information content (AvgIpc) is 3.13. The number of imide groups is 1. The van der Waals surface area contributed by atoms with Gasteiger partial charge in [-0.25, -0.2) is 4.39 Å². The van der Waals surface area contributed by atoms with Gasteiger partial charge in [-0.3, -0.25) is 24.1 Å². The summed E-state index contributed by atoms with van der Waals surface area (Å²) in [5, 5.41) is 14.4. The number of benzene rings is 3. The van der Waals surface area contributed by atoms with Gasteiger partial charge < -0.3 is 16.2 Å². The van der Waals surface area contributed by atoms with Crippen molar-refractivity contribution in [1.29, 1.82) is 0 Å². The van der Waals surface area contributed by atoms with Crippen LogP contribution < -0.4 is 11.1 Å². The van der Waals surface area contributed by atoms with Gasteiger partial charge in [0, 0.05) is 12.5 Å². The number of hydrogen-bond acceptors (Lipinski definition) is 5. The van der Waals surface area contributed by atoms with E-state index in [0.717, 1.165) is 15.7 Å². The van der Waals surface area contributed by atoms with Gasteiger partial charge in [0.25, 0.3) is 11.8 Å². The summed E-state index contributed by atoms with van der Waals surface area (Å²) in [6.07, 6.45) is -0.512. The van der Waals surface area contributed by atoms with Crippen LogP contribution in [0.25, 0.3) is 10.8 Å². The zero-order valence-corrected chi connectivity index (χ0v) is 21.2. The van der Waals surface area contributed by atoms with Crippen molar-refractivity contribution < 1.29 is 28.7 Å². The maximum Gasteiger partial charge on any atom is 0.307 e. The van der Waals surface area contributed by atoms with E-state index in [4.69, 9.17) is 5.73 Å². The third-order valence-corrected chi connectivity index (χ3v) is 7.20. The Balaban J connectivity index is 1.57. The molecule has 4 rings (SSSR count). The number of aliphatic carboxylic acids is 1. The number of carboxylic acid groups (broad SMARTS) is 1. The minimum atomic E-state index is -1.28. The topological polar surface area (TPSA) is 130 Å². The highest BCUT2D eigenvalue weighted by Crippen LogP contribution is 2.34. The monoisotopic (exact) mass is 519 g/mol. The fourth-order valence-corrected chi connectivity index (χ4v) is 5.18. The van der Waals surface area contributed by atoms with Crippen LogP contribution in [0.4, 0.5) is 4.39 Å². The zero-order valence-electron chi connectivity index (χ0n) is 21.2. The number of halogens is 1. The van der Waals surface area contributed by atoms with Gasteiger partial charge in [-0.15, -0.1) is 0 Å². The Morgan fingerprint density at radius 1 is 1.00 bits per heavy atom. The summed E-state index contributed by atoms with van der Waals surface area (Å²) in [4.78, 5) is 53.1.